The van der Waals surface area contributed by atoms with Crippen LogP contribution in [-0.4, -0.2) is 90.2 Å². The van der Waals surface area contributed by atoms with Gasteiger partial charge < -0.3 is 20.3 Å². The second kappa shape index (κ2) is 20.5. The molecule has 0 saturated carbocycles. The van der Waals surface area contributed by atoms with E-state index in [9.17, 15) is 14.4 Å². The van der Waals surface area contributed by atoms with Gasteiger partial charge in [0.25, 0.3) is 0 Å². The molecule has 3 amide bonds. The van der Waals surface area contributed by atoms with E-state index < -0.39 is 18.0 Å². The Bertz CT molecular complexity index is 2720. The number of thiophene rings is 1. The van der Waals surface area contributed by atoms with Crippen LogP contribution < -0.4 is 10.6 Å². The first kappa shape index (κ1) is 47.0. The van der Waals surface area contributed by atoms with Gasteiger partial charge in [-0.3, -0.25) is 28.6 Å². The lowest BCUT2D eigenvalue weighted by molar-refractivity contribution is -0.140. The van der Waals surface area contributed by atoms with Gasteiger partial charge in [0.2, 0.25) is 17.7 Å². The van der Waals surface area contributed by atoms with Crippen molar-refractivity contribution in [2.24, 2.45) is 16.8 Å². The molecule has 2 N–H and O–H groups in total. The summed E-state index contributed by atoms with van der Waals surface area (Å²) in [4.78, 5) is 55.0. The maximum absolute atomic E-state index is 14.3. The van der Waals surface area contributed by atoms with Gasteiger partial charge >= 0.3 is 0 Å². The average molecular weight is 950 g/mol. The molecule has 8 rings (SSSR count). The van der Waals surface area contributed by atoms with E-state index in [2.05, 4.69) is 63.8 Å². The van der Waals surface area contributed by atoms with Gasteiger partial charge in [-0.1, -0.05) is 68.8 Å². The molecule has 0 spiro atoms. The van der Waals surface area contributed by atoms with Crippen molar-refractivity contribution in [3.05, 3.63) is 121 Å². The third-order valence-corrected chi connectivity index (χ3v) is 14.9. The molecule has 2 aliphatic rings. The Hall–Kier alpha value is -5.55. The normalized spacial score (nSPS) is 17.3. The number of aliphatic imine (C=N–C) groups is 1. The van der Waals surface area contributed by atoms with Crippen molar-refractivity contribution < 1.29 is 19.1 Å². The standard InChI is InChI=1S/C49H57ClN10O4S2/c1-28(2)42(48(63)59-25-29(3)21-40(59)47(62)52-23-34-9-11-36(12-10-34)45-31(5)53-27-65-45)37-24-54-58(26-37)18-8-19-64-20-17-51-41(61)22-39-46-57-56-33(7)60(46)49-43(30(4)32(6)66-49)44(55-39)35-13-15-38(50)16-14-35/h9-16,24,26-29,39-40,42H,8,17-23,25H2,1-7H3,(H,51,61)(H,52,62)/t29-,39+,40+,42?/m1/s1. The molecule has 66 heavy (non-hydrogen) atoms. The fourth-order valence-electron chi connectivity index (χ4n) is 8.93. The highest BCUT2D eigenvalue weighted by atomic mass is 35.5. The van der Waals surface area contributed by atoms with Crippen LogP contribution in [0.5, 0.6) is 0 Å². The molecule has 4 atom stereocenters. The second-order valence-electron chi connectivity index (χ2n) is 17.7. The van der Waals surface area contributed by atoms with Crippen molar-refractivity contribution in [2.45, 2.75) is 98.8 Å². The maximum atomic E-state index is 14.3. The van der Waals surface area contributed by atoms with Crippen LogP contribution in [0.4, 0.5) is 0 Å². The zero-order valence-corrected chi connectivity index (χ0v) is 40.9. The molecule has 6 heterocycles. The molecule has 1 unspecified atom stereocenters. The summed E-state index contributed by atoms with van der Waals surface area (Å²) in [7, 11) is 0. The Morgan fingerprint density at radius 1 is 0.970 bits per heavy atom. The minimum atomic E-state index is -0.555. The lowest BCUT2D eigenvalue weighted by atomic mass is 9.89. The van der Waals surface area contributed by atoms with Crippen LogP contribution in [-0.2, 0) is 32.2 Å². The summed E-state index contributed by atoms with van der Waals surface area (Å²) in [6.07, 6.45) is 5.12. The monoisotopic (exact) mass is 948 g/mol. The predicted octanol–water partition coefficient (Wildman–Crippen LogP) is 8.33. The third-order valence-electron chi connectivity index (χ3n) is 12.4. The molecule has 17 heteroatoms. The van der Waals surface area contributed by atoms with Crippen LogP contribution >= 0.6 is 34.3 Å². The van der Waals surface area contributed by atoms with E-state index in [4.69, 9.17) is 21.3 Å². The molecule has 0 bridgehead atoms. The van der Waals surface area contributed by atoms with Gasteiger partial charge in [0.1, 0.15) is 22.9 Å². The maximum Gasteiger partial charge on any atom is 0.243 e. The summed E-state index contributed by atoms with van der Waals surface area (Å²) in [5, 5.41) is 21.2. The van der Waals surface area contributed by atoms with Crippen LogP contribution in [0, 0.1) is 39.5 Å². The lowest BCUT2D eigenvalue weighted by Gasteiger charge is -2.29. The SMILES string of the molecule is Cc1ncsc1-c1ccc(CNC(=O)[C@@H]2C[C@@H](C)CN2C(=O)C(c2cnn(CCCOCCNC(=O)C[C@@H]3N=C(c4ccc(Cl)cc4)c4c(sc(C)c4C)-n4c(C)nnc43)c2)C(C)C)cc1. The number of halogens is 1. The highest BCUT2D eigenvalue weighted by Crippen LogP contribution is 2.40. The van der Waals surface area contributed by atoms with Gasteiger partial charge in [0.05, 0.1) is 46.9 Å². The summed E-state index contributed by atoms with van der Waals surface area (Å²) in [5.41, 5.74) is 9.66. The highest BCUT2D eigenvalue weighted by Gasteiger charge is 2.41. The number of hydrogen-bond acceptors (Lipinski definition) is 11. The number of carbonyl (C=O) groups excluding carboxylic acids is 3. The molecule has 6 aromatic rings. The smallest absolute Gasteiger partial charge is 0.243 e. The molecule has 0 radical (unpaired) electrons. The Balaban J connectivity index is 0.808. The van der Waals surface area contributed by atoms with Crippen molar-refractivity contribution >= 4 is 57.7 Å². The molecule has 346 valence electrons. The van der Waals surface area contributed by atoms with E-state index in [1.807, 2.05) is 85.0 Å². The first-order valence-corrected chi connectivity index (χ1v) is 24.7. The molecule has 2 aromatic carbocycles. The molecule has 4 aromatic heterocycles. The second-order valence-corrected chi connectivity index (χ2v) is 20.2. The molecule has 14 nitrogen and oxygen atoms in total. The molecule has 0 aliphatic carbocycles. The van der Waals surface area contributed by atoms with Crippen molar-refractivity contribution in [2.75, 3.05) is 26.3 Å². The number of carbonyl (C=O) groups is 3. The number of rotatable bonds is 17. The van der Waals surface area contributed by atoms with Crippen LogP contribution in [0.25, 0.3) is 15.4 Å². The largest absolute Gasteiger partial charge is 0.380 e. The van der Waals surface area contributed by atoms with Crippen LogP contribution in [0.3, 0.4) is 0 Å². The number of nitrogens with zero attached hydrogens (tertiary/aromatic N) is 8. The van der Waals surface area contributed by atoms with E-state index >= 15 is 0 Å². The summed E-state index contributed by atoms with van der Waals surface area (Å²) in [5.74, 6) is 0.800. The van der Waals surface area contributed by atoms with Crippen molar-refractivity contribution in [1.29, 1.82) is 0 Å². The number of nitrogens with one attached hydrogen (secondary N) is 2. The summed E-state index contributed by atoms with van der Waals surface area (Å²) in [6.45, 7) is 17.0. The minimum absolute atomic E-state index is 0.00139. The fraction of sp³-hybridized carbons (Fsp3) is 0.429. The molecular formula is C49H57ClN10O4S2. The van der Waals surface area contributed by atoms with E-state index in [1.54, 1.807) is 33.8 Å². The first-order chi connectivity index (χ1) is 31.8. The number of aromatic nitrogens is 6. The van der Waals surface area contributed by atoms with Gasteiger partial charge in [0, 0.05) is 65.6 Å². The first-order valence-electron chi connectivity index (χ1n) is 22.6. The van der Waals surface area contributed by atoms with E-state index in [0.717, 1.165) is 60.5 Å². The summed E-state index contributed by atoms with van der Waals surface area (Å²) in [6, 6.07) is 14.7. The van der Waals surface area contributed by atoms with Crippen molar-refractivity contribution in [3.8, 4) is 15.4 Å². The Labute approximate surface area is 398 Å². The summed E-state index contributed by atoms with van der Waals surface area (Å²) >= 11 is 9.54. The summed E-state index contributed by atoms with van der Waals surface area (Å²) < 4.78 is 9.79. The third kappa shape index (κ3) is 10.2. The lowest BCUT2D eigenvalue weighted by Crippen LogP contribution is -2.47. The number of benzene rings is 2. The minimum Gasteiger partial charge on any atom is -0.380 e. The quantitative estimate of drug-likeness (QED) is 0.0864. The van der Waals surface area contributed by atoms with Gasteiger partial charge in [-0.25, -0.2) is 4.98 Å². The van der Waals surface area contributed by atoms with Crippen molar-refractivity contribution in [1.82, 2.24) is 45.1 Å². The van der Waals surface area contributed by atoms with E-state index in [-0.39, 0.29) is 36.0 Å². The highest BCUT2D eigenvalue weighted by molar-refractivity contribution is 7.15. The topological polar surface area (TPSA) is 162 Å². The zero-order valence-electron chi connectivity index (χ0n) is 38.5. The average Bonchev–Trinajstić information content (AvgIpc) is 4.14. The van der Waals surface area contributed by atoms with Gasteiger partial charge in [-0.2, -0.15) is 5.10 Å². The Morgan fingerprint density at radius 3 is 2.45 bits per heavy atom. The number of ether oxygens (including phenoxy) is 1. The van der Waals surface area contributed by atoms with Crippen LogP contribution in [0.2, 0.25) is 5.02 Å². The van der Waals surface area contributed by atoms with E-state index in [0.29, 0.717) is 63.1 Å². The van der Waals surface area contributed by atoms with Gasteiger partial charge in [-0.15, -0.1) is 32.9 Å². The van der Waals surface area contributed by atoms with E-state index in [1.165, 1.54) is 4.88 Å². The number of likely N-dealkylation sites (tertiary alicyclic amines) is 1. The number of aryl methyl sites for hydroxylation is 4. The fourth-order valence-corrected chi connectivity index (χ4v) is 11.1. The van der Waals surface area contributed by atoms with Crippen molar-refractivity contribution in [3.63, 3.8) is 0 Å². The van der Waals surface area contributed by atoms with Gasteiger partial charge in [-0.05, 0) is 81.2 Å². The molecule has 1 fully saturated rings. The van der Waals surface area contributed by atoms with Gasteiger partial charge in [0.15, 0.2) is 5.82 Å². The predicted molar refractivity (Wildman–Crippen MR) is 260 cm³/mol. The number of amides is 3. The zero-order chi connectivity index (χ0) is 46.6. The number of fused-ring (bicyclic) bond motifs is 3. The number of hydrogen-bond donors (Lipinski definition) is 2. The van der Waals surface area contributed by atoms with Crippen LogP contribution in [0.15, 0.2) is 71.4 Å². The van der Waals surface area contributed by atoms with Crippen LogP contribution in [0.1, 0.15) is 102 Å². The Kier molecular flexibility index (Phi) is 14.6. The molecule has 2 aliphatic heterocycles. The molecular weight excluding hydrogens is 892 g/mol. The number of thiazole rings is 1. The molecule has 1 saturated heterocycles. The Morgan fingerprint density at radius 2 is 1.73 bits per heavy atom.